The zero-order chi connectivity index (χ0) is 18.3. The molecule has 1 saturated carbocycles. The van der Waals surface area contributed by atoms with Gasteiger partial charge in [-0.15, -0.1) is 11.8 Å². The zero-order valence-electron chi connectivity index (χ0n) is 13.9. The van der Waals surface area contributed by atoms with Crippen molar-refractivity contribution in [3.05, 3.63) is 75.6 Å². The fourth-order valence-corrected chi connectivity index (χ4v) is 4.77. The van der Waals surface area contributed by atoms with E-state index in [2.05, 4.69) is 0 Å². The highest BCUT2D eigenvalue weighted by Gasteiger charge is 2.54. The van der Waals surface area contributed by atoms with E-state index in [0.29, 0.717) is 6.54 Å². The molecule has 0 bridgehead atoms. The maximum Gasteiger partial charge on any atom is 0.269 e. The van der Waals surface area contributed by atoms with Crippen molar-refractivity contribution in [3.8, 4) is 0 Å². The van der Waals surface area contributed by atoms with Crippen LogP contribution in [0.15, 0.2) is 48.5 Å². The molecule has 0 N–H and O–H groups in total. The quantitative estimate of drug-likeness (QED) is 0.600. The number of carbonyl (C=O) groups is 1. The average molecular weight is 372 g/mol. The molecule has 2 aliphatic rings. The van der Waals surface area contributed by atoms with Crippen LogP contribution < -0.4 is 0 Å². The number of amides is 1. The Labute approximate surface area is 154 Å². The second-order valence-electron chi connectivity index (χ2n) is 6.66. The van der Waals surface area contributed by atoms with Crippen molar-refractivity contribution in [1.29, 1.82) is 0 Å². The van der Waals surface area contributed by atoms with E-state index >= 15 is 0 Å². The Bertz CT molecular complexity index is 850. The summed E-state index contributed by atoms with van der Waals surface area (Å²) in [6.45, 7) is 0.647. The van der Waals surface area contributed by atoms with Gasteiger partial charge in [0.1, 0.15) is 11.2 Å². The molecule has 1 aliphatic heterocycles. The normalized spacial score (nSPS) is 20.8. The SMILES string of the molecule is O=C(N1CCSC1c1ccc([N+](=O)[O-])cc1)C1(c2ccc(F)cc2)CC1. The van der Waals surface area contributed by atoms with E-state index in [-0.39, 0.29) is 22.8 Å². The third kappa shape index (κ3) is 2.86. The minimum Gasteiger partial charge on any atom is -0.325 e. The fraction of sp³-hybridized carbons (Fsp3) is 0.316. The lowest BCUT2D eigenvalue weighted by atomic mass is 9.94. The first-order valence-corrected chi connectivity index (χ1v) is 9.49. The molecule has 1 saturated heterocycles. The van der Waals surface area contributed by atoms with Gasteiger partial charge in [0, 0.05) is 24.4 Å². The highest BCUT2D eigenvalue weighted by Crippen LogP contribution is 2.52. The van der Waals surface area contributed by atoms with E-state index in [1.165, 1.54) is 24.3 Å². The number of halogens is 1. The number of nitrogens with zero attached hydrogens (tertiary/aromatic N) is 2. The molecule has 7 heteroatoms. The van der Waals surface area contributed by atoms with Gasteiger partial charge in [-0.25, -0.2) is 4.39 Å². The molecule has 1 heterocycles. The summed E-state index contributed by atoms with van der Waals surface area (Å²) in [6, 6.07) is 12.6. The van der Waals surface area contributed by atoms with Crippen LogP contribution in [0.2, 0.25) is 0 Å². The number of thioether (sulfide) groups is 1. The molecule has 26 heavy (non-hydrogen) atoms. The number of nitro benzene ring substituents is 1. The van der Waals surface area contributed by atoms with Crippen molar-refractivity contribution in [2.45, 2.75) is 23.6 Å². The van der Waals surface area contributed by atoms with Crippen molar-refractivity contribution >= 4 is 23.4 Å². The second kappa shape index (κ2) is 6.39. The van der Waals surface area contributed by atoms with Gasteiger partial charge in [-0.2, -0.15) is 0 Å². The second-order valence-corrected chi connectivity index (χ2v) is 7.85. The Kier molecular flexibility index (Phi) is 4.19. The van der Waals surface area contributed by atoms with E-state index in [0.717, 1.165) is 29.7 Å². The van der Waals surface area contributed by atoms with Crippen LogP contribution in [0.1, 0.15) is 29.3 Å². The molecule has 5 nitrogen and oxygen atoms in total. The zero-order valence-corrected chi connectivity index (χ0v) is 14.7. The van der Waals surface area contributed by atoms with Crippen LogP contribution in [0.4, 0.5) is 10.1 Å². The minimum atomic E-state index is -0.544. The lowest BCUT2D eigenvalue weighted by Crippen LogP contribution is -2.38. The molecule has 2 aromatic carbocycles. The Hall–Kier alpha value is -2.41. The first kappa shape index (κ1) is 17.0. The van der Waals surface area contributed by atoms with E-state index < -0.39 is 10.3 Å². The minimum absolute atomic E-state index is 0.0413. The average Bonchev–Trinajstić information content (AvgIpc) is 3.31. The summed E-state index contributed by atoms with van der Waals surface area (Å²) >= 11 is 1.66. The van der Waals surface area contributed by atoms with E-state index in [1.807, 2.05) is 4.90 Å². The molecule has 1 aliphatic carbocycles. The summed E-state index contributed by atoms with van der Waals surface area (Å²) in [5.41, 5.74) is 1.25. The molecular formula is C19H17FN2O3S. The monoisotopic (exact) mass is 372 g/mol. The van der Waals surface area contributed by atoms with Gasteiger partial charge < -0.3 is 4.90 Å². The fourth-order valence-electron chi connectivity index (χ4n) is 3.51. The smallest absolute Gasteiger partial charge is 0.269 e. The third-order valence-corrected chi connectivity index (χ3v) is 6.36. The van der Waals surface area contributed by atoms with Crippen LogP contribution in [0.3, 0.4) is 0 Å². The predicted octanol–water partition coefficient (Wildman–Crippen LogP) is 4.04. The number of hydrogen-bond acceptors (Lipinski definition) is 4. The number of benzene rings is 2. The molecule has 0 spiro atoms. The summed E-state index contributed by atoms with van der Waals surface area (Å²) in [5.74, 6) is 0.585. The third-order valence-electron chi connectivity index (χ3n) is 5.10. The number of rotatable bonds is 4. The summed E-state index contributed by atoms with van der Waals surface area (Å²) in [4.78, 5) is 25.6. The molecule has 1 atom stereocenters. The van der Waals surface area contributed by atoms with Crippen LogP contribution in [0, 0.1) is 15.9 Å². The Morgan fingerprint density at radius 1 is 1.15 bits per heavy atom. The number of hydrogen-bond donors (Lipinski definition) is 0. The topological polar surface area (TPSA) is 63.5 Å². The van der Waals surface area contributed by atoms with Gasteiger partial charge in [-0.3, -0.25) is 14.9 Å². The summed E-state index contributed by atoms with van der Waals surface area (Å²) < 4.78 is 13.2. The van der Waals surface area contributed by atoms with Gasteiger partial charge in [-0.05, 0) is 48.2 Å². The maximum absolute atomic E-state index is 13.3. The van der Waals surface area contributed by atoms with Crippen molar-refractivity contribution < 1.29 is 14.1 Å². The van der Waals surface area contributed by atoms with Crippen molar-refractivity contribution in [2.75, 3.05) is 12.3 Å². The Balaban J connectivity index is 1.59. The van der Waals surface area contributed by atoms with Crippen LogP contribution >= 0.6 is 11.8 Å². The van der Waals surface area contributed by atoms with Gasteiger partial charge in [0.25, 0.3) is 5.69 Å². The molecular weight excluding hydrogens is 355 g/mol. The predicted molar refractivity (Wildman–Crippen MR) is 97.3 cm³/mol. The van der Waals surface area contributed by atoms with Crippen LogP contribution in [0.5, 0.6) is 0 Å². The Morgan fingerprint density at radius 2 is 1.81 bits per heavy atom. The van der Waals surface area contributed by atoms with Crippen LogP contribution in [-0.2, 0) is 10.2 Å². The van der Waals surface area contributed by atoms with Gasteiger partial charge in [0.05, 0.1) is 10.3 Å². The highest BCUT2D eigenvalue weighted by atomic mass is 32.2. The molecule has 134 valence electrons. The van der Waals surface area contributed by atoms with Gasteiger partial charge in [0.15, 0.2) is 0 Å². The molecule has 0 radical (unpaired) electrons. The molecule has 4 rings (SSSR count). The van der Waals surface area contributed by atoms with Gasteiger partial charge in [0.2, 0.25) is 5.91 Å². The first-order chi connectivity index (χ1) is 12.5. The van der Waals surface area contributed by atoms with E-state index in [4.69, 9.17) is 0 Å². The van der Waals surface area contributed by atoms with Gasteiger partial charge in [-0.1, -0.05) is 12.1 Å². The number of carbonyl (C=O) groups excluding carboxylic acids is 1. The van der Waals surface area contributed by atoms with Crippen LogP contribution in [-0.4, -0.2) is 28.0 Å². The highest BCUT2D eigenvalue weighted by molar-refractivity contribution is 7.99. The Morgan fingerprint density at radius 3 is 2.38 bits per heavy atom. The summed E-state index contributed by atoms with van der Waals surface area (Å²) in [7, 11) is 0. The standard InChI is InChI=1S/C19H17FN2O3S/c20-15-5-3-14(4-6-15)19(9-10-19)18(23)21-11-12-26-17(21)13-1-7-16(8-2-13)22(24)25/h1-8,17H,9-12H2. The molecule has 2 fully saturated rings. The molecule has 2 aromatic rings. The van der Waals surface area contributed by atoms with Crippen molar-refractivity contribution in [3.63, 3.8) is 0 Å². The molecule has 0 aromatic heterocycles. The number of non-ortho nitro benzene ring substituents is 1. The summed E-state index contributed by atoms with van der Waals surface area (Å²) in [5, 5.41) is 10.7. The molecule has 1 unspecified atom stereocenters. The van der Waals surface area contributed by atoms with Crippen molar-refractivity contribution in [1.82, 2.24) is 4.90 Å². The largest absolute Gasteiger partial charge is 0.325 e. The number of nitro groups is 1. The lowest BCUT2D eigenvalue weighted by Gasteiger charge is -2.28. The lowest BCUT2D eigenvalue weighted by molar-refractivity contribution is -0.384. The summed E-state index contributed by atoms with van der Waals surface area (Å²) in [6.07, 6.45) is 1.54. The van der Waals surface area contributed by atoms with E-state index in [9.17, 15) is 19.3 Å². The first-order valence-electron chi connectivity index (χ1n) is 8.44. The van der Waals surface area contributed by atoms with Crippen LogP contribution in [0.25, 0.3) is 0 Å². The van der Waals surface area contributed by atoms with E-state index in [1.54, 1.807) is 36.0 Å². The molecule has 1 amide bonds. The van der Waals surface area contributed by atoms with Crippen molar-refractivity contribution in [2.24, 2.45) is 0 Å². The van der Waals surface area contributed by atoms with Gasteiger partial charge >= 0.3 is 0 Å². The maximum atomic E-state index is 13.3.